The molecule has 0 radical (unpaired) electrons. The molecule has 0 aliphatic rings. The first-order valence-electron chi connectivity index (χ1n) is 8.77. The average molecular weight is 385 g/mol. The van der Waals surface area contributed by atoms with E-state index in [1.165, 1.54) is 6.92 Å². The van der Waals surface area contributed by atoms with Gasteiger partial charge in [0.25, 0.3) is 0 Å². The maximum atomic E-state index is 12.3. The van der Waals surface area contributed by atoms with Gasteiger partial charge in [0, 0.05) is 30.3 Å². The molecule has 2 rings (SSSR count). The van der Waals surface area contributed by atoms with Crippen molar-refractivity contribution in [2.45, 2.75) is 20.5 Å². The van der Waals surface area contributed by atoms with E-state index in [-0.39, 0.29) is 18.3 Å². The second-order valence-corrected chi connectivity index (χ2v) is 5.92. The van der Waals surface area contributed by atoms with Crippen LogP contribution in [0.25, 0.3) is 0 Å². The number of amides is 1. The van der Waals surface area contributed by atoms with E-state index in [9.17, 15) is 14.4 Å². The van der Waals surface area contributed by atoms with E-state index in [1.54, 1.807) is 49.6 Å². The average Bonchev–Trinajstić information content (AvgIpc) is 2.70. The van der Waals surface area contributed by atoms with Crippen molar-refractivity contribution in [1.29, 1.82) is 0 Å². The monoisotopic (exact) mass is 385 g/mol. The van der Waals surface area contributed by atoms with Gasteiger partial charge in [0.15, 0.2) is 12.4 Å². The van der Waals surface area contributed by atoms with Crippen molar-refractivity contribution in [1.82, 2.24) is 0 Å². The number of nitrogens with one attached hydrogen (secondary N) is 1. The molecule has 1 amide bonds. The Balaban J connectivity index is 1.99. The zero-order chi connectivity index (χ0) is 20.5. The molecule has 0 bridgehead atoms. The molecule has 0 unspecified atom stereocenters. The molecular weight excluding hydrogens is 362 g/mol. The van der Waals surface area contributed by atoms with E-state index in [2.05, 4.69) is 5.32 Å². The highest BCUT2D eigenvalue weighted by Crippen LogP contribution is 2.21. The second-order valence-electron chi connectivity index (χ2n) is 5.92. The van der Waals surface area contributed by atoms with Crippen molar-refractivity contribution >= 4 is 23.3 Å². The number of benzene rings is 2. The van der Waals surface area contributed by atoms with Gasteiger partial charge in [-0.3, -0.25) is 9.59 Å². The summed E-state index contributed by atoms with van der Waals surface area (Å²) < 4.78 is 15.8. The third-order valence-corrected chi connectivity index (χ3v) is 3.84. The molecule has 0 atom stereocenters. The number of carbonyl (C=O) groups is 3. The Labute approximate surface area is 163 Å². The van der Waals surface area contributed by atoms with E-state index in [4.69, 9.17) is 14.2 Å². The fourth-order valence-electron chi connectivity index (χ4n) is 2.47. The van der Waals surface area contributed by atoms with Crippen molar-refractivity contribution in [2.24, 2.45) is 0 Å². The van der Waals surface area contributed by atoms with E-state index in [1.807, 2.05) is 6.92 Å². The summed E-state index contributed by atoms with van der Waals surface area (Å²) in [5.41, 5.74) is 2.00. The Morgan fingerprint density at radius 2 is 1.68 bits per heavy atom. The minimum atomic E-state index is -0.608. The van der Waals surface area contributed by atoms with Crippen LogP contribution in [0.5, 0.6) is 5.75 Å². The molecule has 0 aliphatic carbocycles. The van der Waals surface area contributed by atoms with Crippen molar-refractivity contribution in [3.8, 4) is 5.75 Å². The number of hydrogen-bond acceptors (Lipinski definition) is 6. The summed E-state index contributed by atoms with van der Waals surface area (Å²) in [5, 5.41) is 2.62. The van der Waals surface area contributed by atoms with Crippen molar-refractivity contribution in [3.05, 3.63) is 59.2 Å². The highest BCUT2D eigenvalue weighted by Gasteiger charge is 2.14. The largest absolute Gasteiger partial charge is 0.496 e. The van der Waals surface area contributed by atoms with Gasteiger partial charge >= 0.3 is 5.97 Å². The van der Waals surface area contributed by atoms with Crippen LogP contribution in [-0.4, -0.2) is 38.0 Å². The molecule has 2 aromatic carbocycles. The van der Waals surface area contributed by atoms with Crippen LogP contribution in [0.15, 0.2) is 42.5 Å². The summed E-state index contributed by atoms with van der Waals surface area (Å²) in [6.45, 7) is 3.73. The topological polar surface area (TPSA) is 90.9 Å². The summed E-state index contributed by atoms with van der Waals surface area (Å²) in [5.74, 6) is -0.536. The number of ketones is 1. The molecule has 0 fully saturated rings. The fourth-order valence-corrected chi connectivity index (χ4v) is 2.47. The van der Waals surface area contributed by atoms with Gasteiger partial charge in [-0.2, -0.15) is 0 Å². The number of esters is 1. The van der Waals surface area contributed by atoms with Crippen LogP contribution >= 0.6 is 0 Å². The van der Waals surface area contributed by atoms with E-state index < -0.39 is 5.97 Å². The van der Waals surface area contributed by atoms with Gasteiger partial charge in [0.05, 0.1) is 19.3 Å². The van der Waals surface area contributed by atoms with E-state index in [0.29, 0.717) is 35.8 Å². The maximum absolute atomic E-state index is 12.3. The van der Waals surface area contributed by atoms with Gasteiger partial charge in [-0.1, -0.05) is 0 Å². The standard InChI is InChI=1S/C21H23NO6/c1-4-27-12-17-11-16(7-10-20(17)26-3)21(25)28-13-19(24)15-5-8-18(9-6-15)22-14(2)23/h5-11H,4,12-13H2,1-3H3,(H,22,23). The molecule has 2 aromatic rings. The van der Waals surface area contributed by atoms with E-state index in [0.717, 1.165) is 5.56 Å². The molecule has 148 valence electrons. The minimum Gasteiger partial charge on any atom is -0.496 e. The lowest BCUT2D eigenvalue weighted by molar-refractivity contribution is -0.114. The second kappa shape index (κ2) is 10.2. The number of ether oxygens (including phenoxy) is 3. The Bertz CT molecular complexity index is 844. The molecule has 0 spiro atoms. The lowest BCUT2D eigenvalue weighted by Gasteiger charge is -2.11. The lowest BCUT2D eigenvalue weighted by atomic mass is 10.1. The zero-order valence-corrected chi connectivity index (χ0v) is 16.1. The number of methoxy groups -OCH3 is 1. The molecular formula is C21H23NO6. The molecule has 7 nitrogen and oxygen atoms in total. The lowest BCUT2D eigenvalue weighted by Crippen LogP contribution is -2.15. The third kappa shape index (κ3) is 5.92. The summed E-state index contributed by atoms with van der Waals surface area (Å²) >= 11 is 0. The highest BCUT2D eigenvalue weighted by atomic mass is 16.5. The summed E-state index contributed by atoms with van der Waals surface area (Å²) in [6, 6.07) is 11.2. The number of anilines is 1. The number of hydrogen-bond donors (Lipinski definition) is 1. The van der Waals surface area contributed by atoms with Gasteiger partial charge in [0.1, 0.15) is 5.75 Å². The van der Waals surface area contributed by atoms with Crippen LogP contribution in [0.1, 0.15) is 40.1 Å². The molecule has 0 saturated carbocycles. The van der Waals surface area contributed by atoms with Crippen molar-refractivity contribution in [3.63, 3.8) is 0 Å². The van der Waals surface area contributed by atoms with Crippen LogP contribution in [0.4, 0.5) is 5.69 Å². The highest BCUT2D eigenvalue weighted by molar-refractivity contribution is 6.00. The first-order chi connectivity index (χ1) is 13.4. The Kier molecular flexibility index (Phi) is 7.71. The van der Waals surface area contributed by atoms with Gasteiger partial charge < -0.3 is 19.5 Å². The third-order valence-electron chi connectivity index (χ3n) is 3.84. The molecule has 0 heterocycles. The number of Topliss-reactive ketones (excluding diaryl/α,β-unsaturated/α-hetero) is 1. The molecule has 7 heteroatoms. The number of rotatable bonds is 9. The van der Waals surface area contributed by atoms with Gasteiger partial charge in [-0.25, -0.2) is 4.79 Å². The van der Waals surface area contributed by atoms with E-state index >= 15 is 0 Å². The summed E-state index contributed by atoms with van der Waals surface area (Å²) in [4.78, 5) is 35.5. The summed E-state index contributed by atoms with van der Waals surface area (Å²) in [7, 11) is 1.54. The Morgan fingerprint density at radius 1 is 1.00 bits per heavy atom. The maximum Gasteiger partial charge on any atom is 0.338 e. The molecule has 28 heavy (non-hydrogen) atoms. The van der Waals surface area contributed by atoms with Gasteiger partial charge in [0.2, 0.25) is 5.91 Å². The number of carbonyl (C=O) groups excluding carboxylic acids is 3. The van der Waals surface area contributed by atoms with Crippen molar-refractivity contribution < 1.29 is 28.6 Å². The SMILES string of the molecule is CCOCc1cc(C(=O)OCC(=O)c2ccc(NC(C)=O)cc2)ccc1OC. The normalized spacial score (nSPS) is 10.2. The first-order valence-corrected chi connectivity index (χ1v) is 8.77. The first kappa shape index (κ1) is 21.1. The van der Waals surface area contributed by atoms with Gasteiger partial charge in [-0.05, 0) is 49.4 Å². The van der Waals surface area contributed by atoms with Crippen LogP contribution in [0.3, 0.4) is 0 Å². The minimum absolute atomic E-state index is 0.198. The molecule has 0 aliphatic heterocycles. The molecule has 0 aromatic heterocycles. The summed E-state index contributed by atoms with van der Waals surface area (Å²) in [6.07, 6.45) is 0. The molecule has 1 N–H and O–H groups in total. The zero-order valence-electron chi connectivity index (χ0n) is 16.1. The van der Waals surface area contributed by atoms with Crippen LogP contribution in [0.2, 0.25) is 0 Å². The quantitative estimate of drug-likeness (QED) is 0.526. The Morgan fingerprint density at radius 3 is 2.29 bits per heavy atom. The van der Waals surface area contributed by atoms with Crippen molar-refractivity contribution in [2.75, 3.05) is 25.6 Å². The smallest absolute Gasteiger partial charge is 0.338 e. The van der Waals surface area contributed by atoms with Crippen LogP contribution in [-0.2, 0) is 20.9 Å². The predicted octanol–water partition coefficient (Wildman–Crippen LogP) is 3.23. The Hall–Kier alpha value is -3.19. The molecule has 0 saturated heterocycles. The fraction of sp³-hybridized carbons (Fsp3) is 0.286. The predicted molar refractivity (Wildman–Crippen MR) is 104 cm³/mol. The van der Waals surface area contributed by atoms with Crippen LogP contribution < -0.4 is 10.1 Å². The van der Waals surface area contributed by atoms with Gasteiger partial charge in [-0.15, -0.1) is 0 Å². The van der Waals surface area contributed by atoms with Crippen LogP contribution in [0, 0.1) is 0 Å².